The van der Waals surface area contributed by atoms with E-state index in [2.05, 4.69) is 19.2 Å². The number of aliphatic hydroxyl groups excluding tert-OH is 1. The van der Waals surface area contributed by atoms with E-state index >= 15 is 0 Å². The number of hydrogen-bond donors (Lipinski definition) is 4. The predicted octanol–water partition coefficient (Wildman–Crippen LogP) is 5.28. The van der Waals surface area contributed by atoms with Crippen LogP contribution in [0.3, 0.4) is 0 Å². The van der Waals surface area contributed by atoms with E-state index in [0.29, 0.717) is 18.7 Å². The quantitative estimate of drug-likeness (QED) is 0.305. The van der Waals surface area contributed by atoms with E-state index < -0.39 is 12.1 Å². The molecule has 0 amide bonds. The van der Waals surface area contributed by atoms with Gasteiger partial charge in [0.15, 0.2) is 0 Å². The van der Waals surface area contributed by atoms with Crippen molar-refractivity contribution in [2.45, 2.75) is 45.8 Å². The monoisotopic (exact) mass is 463 g/mol. The SMILES string of the molecule is Cc1cc(OCCN[C@@H](C)[C@H](O)c2ccc(O)cc2)ccc1-c1ccc(C(=O)O)cc1C(C)C. The molecule has 3 aromatic carbocycles. The number of hydrogen-bond acceptors (Lipinski definition) is 5. The lowest BCUT2D eigenvalue weighted by molar-refractivity contribution is 0.0696. The van der Waals surface area contributed by atoms with Crippen LogP contribution in [0.25, 0.3) is 11.1 Å². The lowest BCUT2D eigenvalue weighted by Crippen LogP contribution is -2.35. The third-order valence-electron chi connectivity index (χ3n) is 5.95. The average molecular weight is 464 g/mol. The summed E-state index contributed by atoms with van der Waals surface area (Å²) in [6.07, 6.45) is -0.690. The third-order valence-corrected chi connectivity index (χ3v) is 5.95. The van der Waals surface area contributed by atoms with Crippen molar-refractivity contribution in [3.05, 3.63) is 82.9 Å². The summed E-state index contributed by atoms with van der Waals surface area (Å²) in [6.45, 7) is 9.04. The third kappa shape index (κ3) is 6.16. The average Bonchev–Trinajstić information content (AvgIpc) is 2.81. The number of aryl methyl sites for hydroxylation is 1. The van der Waals surface area contributed by atoms with Gasteiger partial charge in [0.1, 0.15) is 18.1 Å². The Kier molecular flexibility index (Phi) is 8.31. The lowest BCUT2D eigenvalue weighted by atomic mass is 9.89. The fraction of sp³-hybridized carbons (Fsp3) is 0.321. The van der Waals surface area contributed by atoms with Crippen molar-refractivity contribution in [1.82, 2.24) is 5.32 Å². The first-order chi connectivity index (χ1) is 16.2. The first-order valence-corrected chi connectivity index (χ1v) is 11.5. The molecule has 4 N–H and O–H groups in total. The number of phenols is 1. The van der Waals surface area contributed by atoms with Crippen molar-refractivity contribution in [2.75, 3.05) is 13.2 Å². The van der Waals surface area contributed by atoms with Crippen LogP contribution in [0.2, 0.25) is 0 Å². The number of aromatic hydroxyl groups is 1. The van der Waals surface area contributed by atoms with Gasteiger partial charge in [0, 0.05) is 12.6 Å². The van der Waals surface area contributed by atoms with Crippen molar-refractivity contribution in [3.8, 4) is 22.6 Å². The topological polar surface area (TPSA) is 99.0 Å². The number of rotatable bonds is 10. The number of carbonyl (C=O) groups is 1. The molecule has 0 bridgehead atoms. The lowest BCUT2D eigenvalue weighted by Gasteiger charge is -2.21. The van der Waals surface area contributed by atoms with E-state index in [9.17, 15) is 20.1 Å². The van der Waals surface area contributed by atoms with Gasteiger partial charge in [-0.2, -0.15) is 0 Å². The fourth-order valence-corrected chi connectivity index (χ4v) is 3.97. The zero-order valence-electron chi connectivity index (χ0n) is 20.1. The van der Waals surface area contributed by atoms with Crippen molar-refractivity contribution in [3.63, 3.8) is 0 Å². The summed E-state index contributed by atoms with van der Waals surface area (Å²) < 4.78 is 5.90. The van der Waals surface area contributed by atoms with Gasteiger partial charge in [-0.25, -0.2) is 4.79 Å². The van der Waals surface area contributed by atoms with Crippen LogP contribution in [0.15, 0.2) is 60.7 Å². The molecule has 6 nitrogen and oxygen atoms in total. The van der Waals surface area contributed by atoms with Gasteiger partial charge >= 0.3 is 5.97 Å². The van der Waals surface area contributed by atoms with Crippen LogP contribution in [-0.4, -0.2) is 40.5 Å². The zero-order valence-corrected chi connectivity index (χ0v) is 20.1. The zero-order chi connectivity index (χ0) is 24.8. The molecule has 0 radical (unpaired) electrons. The minimum Gasteiger partial charge on any atom is -0.508 e. The summed E-state index contributed by atoms with van der Waals surface area (Å²) in [5.41, 5.74) is 5.16. The highest BCUT2D eigenvalue weighted by molar-refractivity contribution is 5.89. The van der Waals surface area contributed by atoms with Gasteiger partial charge in [-0.05, 0) is 84.0 Å². The summed E-state index contributed by atoms with van der Waals surface area (Å²) in [5, 5.41) is 32.5. The van der Waals surface area contributed by atoms with E-state index in [4.69, 9.17) is 4.74 Å². The Morgan fingerprint density at radius 2 is 1.65 bits per heavy atom. The summed E-state index contributed by atoms with van der Waals surface area (Å²) in [6, 6.07) is 17.6. The van der Waals surface area contributed by atoms with Crippen molar-refractivity contribution >= 4 is 5.97 Å². The van der Waals surface area contributed by atoms with Crippen LogP contribution in [0, 0.1) is 6.92 Å². The van der Waals surface area contributed by atoms with Crippen LogP contribution in [0.1, 0.15) is 59.8 Å². The van der Waals surface area contributed by atoms with E-state index in [1.54, 1.807) is 36.4 Å². The summed E-state index contributed by atoms with van der Waals surface area (Å²) in [4.78, 5) is 11.4. The molecule has 0 unspecified atom stereocenters. The van der Waals surface area contributed by atoms with Gasteiger partial charge in [0.05, 0.1) is 11.7 Å². The van der Waals surface area contributed by atoms with E-state index in [1.165, 1.54) is 0 Å². The maximum atomic E-state index is 11.4. The minimum atomic E-state index is -0.924. The number of aromatic carboxylic acids is 1. The van der Waals surface area contributed by atoms with Crippen LogP contribution in [0.4, 0.5) is 0 Å². The molecule has 0 aliphatic heterocycles. The van der Waals surface area contributed by atoms with Crippen LogP contribution >= 0.6 is 0 Å². The smallest absolute Gasteiger partial charge is 0.335 e. The number of aliphatic hydroxyl groups is 1. The molecular formula is C28H33NO5. The van der Waals surface area contributed by atoms with E-state index in [-0.39, 0.29) is 17.7 Å². The maximum Gasteiger partial charge on any atom is 0.335 e. The van der Waals surface area contributed by atoms with Gasteiger partial charge < -0.3 is 25.4 Å². The molecule has 34 heavy (non-hydrogen) atoms. The van der Waals surface area contributed by atoms with Crippen LogP contribution in [-0.2, 0) is 0 Å². The van der Waals surface area contributed by atoms with Crippen molar-refractivity contribution in [1.29, 1.82) is 0 Å². The molecule has 2 atom stereocenters. The number of phenolic OH excluding ortho intramolecular Hbond substituents is 1. The van der Waals surface area contributed by atoms with Crippen LogP contribution in [0.5, 0.6) is 11.5 Å². The molecule has 0 fully saturated rings. The number of carboxylic acid groups (broad SMARTS) is 1. The molecule has 0 aliphatic carbocycles. The standard InChI is InChI=1S/C28H33NO5/c1-17(2)26-16-21(28(32)33)7-11-25(26)24-12-10-23(15-18(24)3)34-14-13-29-19(4)27(31)20-5-8-22(30)9-6-20/h5-12,15-17,19,27,29-31H,13-14H2,1-4H3,(H,32,33)/t19-,27-/m0/s1. The Bertz CT molecular complexity index is 1120. The molecule has 6 heteroatoms. The number of carboxylic acids is 1. The maximum absolute atomic E-state index is 11.4. The first kappa shape index (κ1) is 25.3. The highest BCUT2D eigenvalue weighted by atomic mass is 16.5. The van der Waals surface area contributed by atoms with Gasteiger partial charge in [0.25, 0.3) is 0 Å². The molecule has 0 aromatic heterocycles. The Hall–Kier alpha value is -3.35. The summed E-state index contributed by atoms with van der Waals surface area (Å²) in [5.74, 6) is 0.189. The number of ether oxygens (including phenoxy) is 1. The highest BCUT2D eigenvalue weighted by Crippen LogP contribution is 2.34. The molecule has 0 saturated heterocycles. The minimum absolute atomic E-state index is 0.170. The van der Waals surface area contributed by atoms with Crippen LogP contribution < -0.4 is 10.1 Å². The second-order valence-electron chi connectivity index (χ2n) is 8.87. The number of benzene rings is 3. The second-order valence-corrected chi connectivity index (χ2v) is 8.87. The molecule has 0 aliphatic rings. The number of nitrogens with one attached hydrogen (secondary N) is 1. The normalized spacial score (nSPS) is 13.0. The summed E-state index contributed by atoms with van der Waals surface area (Å²) in [7, 11) is 0. The Morgan fingerprint density at radius 3 is 2.26 bits per heavy atom. The van der Waals surface area contributed by atoms with E-state index in [0.717, 1.165) is 33.6 Å². The second kappa shape index (κ2) is 11.2. The predicted molar refractivity (Wildman–Crippen MR) is 134 cm³/mol. The largest absolute Gasteiger partial charge is 0.508 e. The van der Waals surface area contributed by atoms with Crippen molar-refractivity contribution in [2.24, 2.45) is 0 Å². The molecule has 0 saturated carbocycles. The highest BCUT2D eigenvalue weighted by Gasteiger charge is 2.16. The van der Waals surface area contributed by atoms with Crippen molar-refractivity contribution < 1.29 is 24.9 Å². The Labute approximate surface area is 200 Å². The molecule has 3 rings (SSSR count). The Morgan fingerprint density at radius 1 is 0.971 bits per heavy atom. The van der Waals surface area contributed by atoms with E-state index in [1.807, 2.05) is 38.1 Å². The Balaban J connectivity index is 1.60. The fourth-order valence-electron chi connectivity index (χ4n) is 3.97. The molecule has 0 heterocycles. The molecule has 3 aromatic rings. The molecule has 180 valence electrons. The molecular weight excluding hydrogens is 430 g/mol. The van der Waals surface area contributed by atoms with Gasteiger partial charge in [-0.1, -0.05) is 38.1 Å². The van der Waals surface area contributed by atoms with Gasteiger partial charge in [-0.3, -0.25) is 0 Å². The molecule has 0 spiro atoms. The summed E-state index contributed by atoms with van der Waals surface area (Å²) >= 11 is 0. The van der Waals surface area contributed by atoms with Gasteiger partial charge in [-0.15, -0.1) is 0 Å². The first-order valence-electron chi connectivity index (χ1n) is 11.5. The van der Waals surface area contributed by atoms with Gasteiger partial charge in [0.2, 0.25) is 0 Å².